The Kier molecular flexibility index (Phi) is 6.41. The minimum absolute atomic E-state index is 0.0729. The lowest BCUT2D eigenvalue weighted by atomic mass is 9.41. The number of ether oxygens (including phenoxy) is 3. The summed E-state index contributed by atoms with van der Waals surface area (Å²) in [6.45, 7) is 4.13. The molecule has 0 aromatic heterocycles. The second kappa shape index (κ2) is 9.08. The van der Waals surface area contributed by atoms with Crippen molar-refractivity contribution in [3.05, 3.63) is 11.6 Å². The smallest absolute Gasteiger partial charge is 0.331 e. The predicted molar refractivity (Wildman–Crippen MR) is 133 cm³/mol. The lowest BCUT2D eigenvalue weighted by Gasteiger charge is -2.65. The van der Waals surface area contributed by atoms with Crippen LogP contribution >= 0.6 is 0 Å². The van der Waals surface area contributed by atoms with Crippen LogP contribution in [0.25, 0.3) is 0 Å². The van der Waals surface area contributed by atoms with Gasteiger partial charge in [-0.2, -0.15) is 0 Å². The van der Waals surface area contributed by atoms with Crippen molar-refractivity contribution in [1.29, 1.82) is 0 Å². The van der Waals surface area contributed by atoms with E-state index in [1.54, 1.807) is 13.0 Å². The third-order valence-electron chi connectivity index (χ3n) is 11.9. The van der Waals surface area contributed by atoms with Gasteiger partial charge in [0.05, 0.1) is 34.9 Å². The van der Waals surface area contributed by atoms with Gasteiger partial charge in [0.2, 0.25) is 0 Å². The number of hydrogen-bond donors (Lipinski definition) is 4. The first-order valence-electron chi connectivity index (χ1n) is 14.4. The first-order valence-corrected chi connectivity index (χ1v) is 14.4. The molecule has 6 rings (SSSR count). The lowest BCUT2D eigenvalue weighted by molar-refractivity contribution is -0.286. The zero-order valence-electron chi connectivity index (χ0n) is 22.4. The van der Waals surface area contributed by atoms with E-state index in [9.17, 15) is 30.0 Å². The predicted octanol–water partition coefficient (Wildman–Crippen LogP) is 1.78. The molecule has 1 saturated heterocycles. The zero-order valence-corrected chi connectivity index (χ0v) is 22.4. The second-order valence-electron chi connectivity index (χ2n) is 13.3. The topological polar surface area (TPSA) is 143 Å². The van der Waals surface area contributed by atoms with Crippen LogP contribution in [0.5, 0.6) is 0 Å². The Morgan fingerprint density at radius 2 is 1.82 bits per heavy atom. The maximum atomic E-state index is 12.9. The summed E-state index contributed by atoms with van der Waals surface area (Å²) in [5, 5.41) is 44.6. The lowest BCUT2D eigenvalue weighted by Crippen LogP contribution is -2.69. The normalized spacial score (nSPS) is 54.4. The summed E-state index contributed by atoms with van der Waals surface area (Å²) >= 11 is 0. The van der Waals surface area contributed by atoms with Gasteiger partial charge in [0.15, 0.2) is 6.29 Å². The van der Waals surface area contributed by atoms with Crippen LogP contribution in [0.1, 0.15) is 78.1 Å². The molecule has 0 aromatic rings. The van der Waals surface area contributed by atoms with Crippen molar-refractivity contribution in [2.24, 2.45) is 28.6 Å². The molecule has 5 fully saturated rings. The maximum Gasteiger partial charge on any atom is 0.331 e. The van der Waals surface area contributed by atoms with Gasteiger partial charge in [0, 0.05) is 24.3 Å². The molecule has 9 nitrogen and oxygen atoms in total. The van der Waals surface area contributed by atoms with E-state index in [0.29, 0.717) is 45.1 Å². The molecule has 0 unspecified atom stereocenters. The first-order chi connectivity index (χ1) is 18.0. The fourth-order valence-electron chi connectivity index (χ4n) is 9.76. The number of rotatable bonds is 4. The highest BCUT2D eigenvalue weighted by molar-refractivity contribution is 5.85. The summed E-state index contributed by atoms with van der Waals surface area (Å²) < 4.78 is 17.1. The van der Waals surface area contributed by atoms with E-state index in [4.69, 9.17) is 14.2 Å². The van der Waals surface area contributed by atoms with E-state index in [1.807, 2.05) is 0 Å². The van der Waals surface area contributed by atoms with E-state index in [0.717, 1.165) is 31.1 Å². The molecule has 38 heavy (non-hydrogen) atoms. The number of cyclic esters (lactones) is 1. The third-order valence-corrected chi connectivity index (χ3v) is 11.9. The average molecular weight is 535 g/mol. The largest absolute Gasteiger partial charge is 0.458 e. The number of aldehydes is 1. The number of carbonyl (C=O) groups excluding carboxylic acids is 2. The molecule has 4 N–H and O–H groups in total. The molecule has 0 spiro atoms. The van der Waals surface area contributed by atoms with E-state index >= 15 is 0 Å². The van der Waals surface area contributed by atoms with E-state index in [1.165, 1.54) is 0 Å². The van der Waals surface area contributed by atoms with Crippen molar-refractivity contribution < 1.29 is 44.2 Å². The van der Waals surface area contributed by atoms with Crippen LogP contribution < -0.4 is 0 Å². The zero-order chi connectivity index (χ0) is 27.1. The average Bonchev–Trinajstić information content (AvgIpc) is 3.41. The van der Waals surface area contributed by atoms with Gasteiger partial charge in [-0.05, 0) is 81.6 Å². The quantitative estimate of drug-likeness (QED) is 0.241. The molecule has 6 aliphatic rings. The Labute approximate surface area is 223 Å². The molecule has 4 saturated carbocycles. The summed E-state index contributed by atoms with van der Waals surface area (Å²) in [5.74, 6) is -0.473. The highest BCUT2D eigenvalue weighted by atomic mass is 16.7. The second-order valence-corrected chi connectivity index (χ2v) is 13.3. The third kappa shape index (κ3) is 3.65. The fourth-order valence-corrected chi connectivity index (χ4v) is 9.76. The van der Waals surface area contributed by atoms with Gasteiger partial charge in [-0.3, -0.25) is 0 Å². The molecule has 0 bridgehead atoms. The molecule has 12 atom stereocenters. The van der Waals surface area contributed by atoms with Crippen molar-refractivity contribution in [2.45, 2.75) is 120 Å². The minimum Gasteiger partial charge on any atom is -0.458 e. The number of aliphatic hydroxyl groups is 4. The molecule has 0 amide bonds. The Balaban J connectivity index is 1.22. The van der Waals surface area contributed by atoms with Crippen LogP contribution in [-0.2, 0) is 23.8 Å². The molecule has 4 aliphatic carbocycles. The summed E-state index contributed by atoms with van der Waals surface area (Å²) in [7, 11) is 0. The number of aliphatic hydroxyl groups excluding tert-OH is 2. The van der Waals surface area contributed by atoms with Crippen LogP contribution in [-0.4, -0.2) is 81.2 Å². The summed E-state index contributed by atoms with van der Waals surface area (Å²) in [6.07, 6.45) is 4.50. The van der Waals surface area contributed by atoms with Gasteiger partial charge in [-0.15, -0.1) is 0 Å². The Morgan fingerprint density at radius 1 is 1.05 bits per heavy atom. The van der Waals surface area contributed by atoms with Crippen molar-refractivity contribution in [3.8, 4) is 0 Å². The van der Waals surface area contributed by atoms with E-state index < -0.39 is 46.6 Å². The molecule has 2 heterocycles. The van der Waals surface area contributed by atoms with Gasteiger partial charge < -0.3 is 39.4 Å². The van der Waals surface area contributed by atoms with Crippen molar-refractivity contribution >= 4 is 12.3 Å². The highest BCUT2D eigenvalue weighted by Crippen LogP contribution is 2.70. The van der Waals surface area contributed by atoms with E-state index in [-0.39, 0.29) is 36.2 Å². The van der Waals surface area contributed by atoms with Crippen LogP contribution in [0.3, 0.4) is 0 Å². The van der Waals surface area contributed by atoms with E-state index in [2.05, 4.69) is 6.92 Å². The van der Waals surface area contributed by atoms with Crippen molar-refractivity contribution in [1.82, 2.24) is 0 Å². The van der Waals surface area contributed by atoms with Crippen LogP contribution in [0.4, 0.5) is 0 Å². The number of fused-ring (bicyclic) bond motifs is 5. The Hall–Kier alpha value is -1.36. The fraction of sp³-hybridized carbons (Fsp3) is 0.862. The Bertz CT molecular complexity index is 1000. The maximum absolute atomic E-state index is 12.9. The van der Waals surface area contributed by atoms with Crippen LogP contribution in [0.15, 0.2) is 11.6 Å². The highest BCUT2D eigenvalue weighted by Gasteiger charge is 2.71. The first kappa shape index (κ1) is 26.8. The van der Waals surface area contributed by atoms with Crippen molar-refractivity contribution in [2.75, 3.05) is 6.61 Å². The monoisotopic (exact) mass is 534 g/mol. The minimum atomic E-state index is -1.24. The SMILES string of the molecule is C[C@H]1O[C@@H](O[C@H]2CC[C@]3(C=O)[C@H]4CC[C@]5(C)[C@H](C6=CC(=O)OC6)CC[C@]5(O)[C@@H]4CC[C@]3(O)C2)C[C@H](O)[C@@H]1O. The van der Waals surface area contributed by atoms with Crippen LogP contribution in [0.2, 0.25) is 0 Å². The van der Waals surface area contributed by atoms with Gasteiger partial charge >= 0.3 is 5.97 Å². The standard InChI is InChI=1S/C29H42O9/c1-16-25(33)22(31)12-24(37-16)38-18-3-8-27(15-30)20-4-7-26(2)19(17-11-23(32)36-14-17)6-10-29(26,35)21(20)5-9-28(27,34)13-18/h11,15-16,18-22,24-25,31,33-35H,3-10,12-14H2,1-2H3/t16-,18+,19+,20+,21-,22+,24+,25-,26-,27+,28+,29+/m1/s1. The number of hydrogen-bond acceptors (Lipinski definition) is 9. The molecule has 212 valence electrons. The van der Waals surface area contributed by atoms with Gasteiger partial charge in [-0.25, -0.2) is 4.79 Å². The summed E-state index contributed by atoms with van der Waals surface area (Å²) in [5.41, 5.74) is -2.60. The Morgan fingerprint density at radius 3 is 2.50 bits per heavy atom. The molecule has 0 radical (unpaired) electrons. The molecule has 0 aromatic carbocycles. The van der Waals surface area contributed by atoms with Gasteiger partial charge in [0.25, 0.3) is 0 Å². The molecule has 9 heteroatoms. The summed E-state index contributed by atoms with van der Waals surface area (Å²) in [4.78, 5) is 24.7. The van der Waals surface area contributed by atoms with Gasteiger partial charge in [-0.1, -0.05) is 6.92 Å². The molecule has 2 aliphatic heterocycles. The van der Waals surface area contributed by atoms with Crippen LogP contribution in [0, 0.1) is 28.6 Å². The molecular formula is C29H42O9. The number of esters is 1. The van der Waals surface area contributed by atoms with Gasteiger partial charge in [0.1, 0.15) is 19.0 Å². The summed E-state index contributed by atoms with van der Waals surface area (Å²) in [6, 6.07) is 0. The number of carbonyl (C=O) groups is 2. The van der Waals surface area contributed by atoms with Crippen molar-refractivity contribution in [3.63, 3.8) is 0 Å². The molecular weight excluding hydrogens is 492 g/mol.